The van der Waals surface area contributed by atoms with Gasteiger partial charge in [0.2, 0.25) is 10.0 Å². The maximum atomic E-state index is 12.5. The van der Waals surface area contributed by atoms with Gasteiger partial charge in [-0.25, -0.2) is 13.4 Å². The van der Waals surface area contributed by atoms with Crippen LogP contribution in [0.15, 0.2) is 29.3 Å². The first kappa shape index (κ1) is 17.9. The van der Waals surface area contributed by atoms with Crippen LogP contribution in [0, 0.1) is 13.8 Å². The smallest absolute Gasteiger partial charge is 0.244 e. The molecular weight excluding hydrogens is 338 g/mol. The number of sulfonamides is 1. The summed E-state index contributed by atoms with van der Waals surface area (Å²) in [7, 11) is -3.39. The Kier molecular flexibility index (Phi) is 5.39. The largest absolute Gasteiger partial charge is 0.370 e. The normalized spacial score (nSPS) is 15.6. The quantitative estimate of drug-likeness (QED) is 0.763. The van der Waals surface area contributed by atoms with Crippen LogP contribution in [0.5, 0.6) is 0 Å². The number of hydrogen-bond acceptors (Lipinski definition) is 5. The van der Waals surface area contributed by atoms with Gasteiger partial charge in [-0.05, 0) is 51.3 Å². The van der Waals surface area contributed by atoms with E-state index in [0.717, 1.165) is 43.7 Å². The average Bonchev–Trinajstić information content (AvgIpc) is 3.22. The topological polar surface area (TPSA) is 80.1 Å². The van der Waals surface area contributed by atoms with E-state index in [1.807, 2.05) is 11.6 Å². The van der Waals surface area contributed by atoms with Crippen LogP contribution in [0.4, 0.5) is 5.82 Å². The summed E-state index contributed by atoms with van der Waals surface area (Å²) in [5.41, 5.74) is 2.19. The van der Waals surface area contributed by atoms with E-state index in [-0.39, 0.29) is 4.90 Å². The highest BCUT2D eigenvalue weighted by Crippen LogP contribution is 2.20. The molecule has 0 bridgehead atoms. The first-order chi connectivity index (χ1) is 12.0. The van der Waals surface area contributed by atoms with Crippen LogP contribution < -0.4 is 5.32 Å². The van der Waals surface area contributed by atoms with Gasteiger partial charge in [0.25, 0.3) is 0 Å². The minimum atomic E-state index is -3.39. The second-order valence-corrected chi connectivity index (χ2v) is 8.36. The van der Waals surface area contributed by atoms with Gasteiger partial charge in [0, 0.05) is 38.1 Å². The third-order valence-corrected chi connectivity index (χ3v) is 6.28. The molecule has 0 amide bonds. The number of aryl methyl sites for hydroxylation is 3. The molecule has 0 spiro atoms. The SMILES string of the molecule is Cc1cc(C)n(CCCNc2ccc(S(=O)(=O)N3CCCC3)cn2)n1. The Bertz CT molecular complexity index is 808. The average molecular weight is 363 g/mol. The van der Waals surface area contributed by atoms with Crippen LogP contribution >= 0.6 is 0 Å². The molecule has 0 aromatic carbocycles. The van der Waals surface area contributed by atoms with Crippen molar-refractivity contribution in [1.82, 2.24) is 19.1 Å². The van der Waals surface area contributed by atoms with Crippen molar-refractivity contribution in [3.63, 3.8) is 0 Å². The lowest BCUT2D eigenvalue weighted by molar-refractivity contribution is 0.477. The van der Waals surface area contributed by atoms with Gasteiger partial charge >= 0.3 is 0 Å². The van der Waals surface area contributed by atoms with E-state index in [4.69, 9.17) is 0 Å². The molecule has 1 aliphatic rings. The number of nitrogens with one attached hydrogen (secondary N) is 1. The molecule has 0 radical (unpaired) electrons. The summed E-state index contributed by atoms with van der Waals surface area (Å²) in [4.78, 5) is 4.51. The molecule has 3 rings (SSSR count). The van der Waals surface area contributed by atoms with E-state index in [1.54, 1.807) is 12.1 Å². The molecule has 1 saturated heterocycles. The van der Waals surface area contributed by atoms with Gasteiger partial charge in [-0.1, -0.05) is 0 Å². The number of anilines is 1. The van der Waals surface area contributed by atoms with E-state index >= 15 is 0 Å². The lowest BCUT2D eigenvalue weighted by Gasteiger charge is -2.15. The number of nitrogens with zero attached hydrogens (tertiary/aromatic N) is 4. The second-order valence-electron chi connectivity index (χ2n) is 6.42. The van der Waals surface area contributed by atoms with Crippen LogP contribution in [0.25, 0.3) is 0 Å². The van der Waals surface area contributed by atoms with Crippen LogP contribution in [-0.4, -0.2) is 47.1 Å². The van der Waals surface area contributed by atoms with Crippen LogP contribution in [0.1, 0.15) is 30.7 Å². The van der Waals surface area contributed by atoms with Crippen molar-refractivity contribution < 1.29 is 8.42 Å². The molecule has 1 fully saturated rings. The van der Waals surface area contributed by atoms with Gasteiger partial charge in [0.1, 0.15) is 10.7 Å². The Balaban J connectivity index is 1.51. The van der Waals surface area contributed by atoms with Crippen LogP contribution in [-0.2, 0) is 16.6 Å². The Labute approximate surface area is 149 Å². The fourth-order valence-corrected chi connectivity index (χ4v) is 4.52. The summed E-state index contributed by atoms with van der Waals surface area (Å²) < 4.78 is 28.4. The summed E-state index contributed by atoms with van der Waals surface area (Å²) in [6.45, 7) is 6.85. The number of rotatable bonds is 7. The van der Waals surface area contributed by atoms with E-state index in [9.17, 15) is 8.42 Å². The van der Waals surface area contributed by atoms with Crippen molar-refractivity contribution in [2.24, 2.45) is 0 Å². The zero-order chi connectivity index (χ0) is 17.9. The molecule has 136 valence electrons. The summed E-state index contributed by atoms with van der Waals surface area (Å²) >= 11 is 0. The zero-order valence-electron chi connectivity index (χ0n) is 14.8. The first-order valence-electron chi connectivity index (χ1n) is 8.68. The maximum absolute atomic E-state index is 12.5. The van der Waals surface area contributed by atoms with Crippen LogP contribution in [0.3, 0.4) is 0 Å². The monoisotopic (exact) mass is 363 g/mol. The van der Waals surface area contributed by atoms with E-state index in [1.165, 1.54) is 10.5 Å². The molecule has 1 N–H and O–H groups in total. The summed E-state index contributed by atoms with van der Waals surface area (Å²) in [5, 5.41) is 7.66. The molecule has 2 aromatic rings. The van der Waals surface area contributed by atoms with Gasteiger partial charge in [0.05, 0.1) is 5.69 Å². The highest BCUT2D eigenvalue weighted by molar-refractivity contribution is 7.89. The minimum absolute atomic E-state index is 0.266. The molecule has 0 unspecified atom stereocenters. The third-order valence-electron chi connectivity index (χ3n) is 4.40. The maximum Gasteiger partial charge on any atom is 0.244 e. The Hall–Kier alpha value is -1.93. The predicted octanol–water partition coefficient (Wildman–Crippen LogP) is 2.18. The molecule has 7 nitrogen and oxygen atoms in total. The lowest BCUT2D eigenvalue weighted by atomic mass is 10.3. The number of hydrogen-bond donors (Lipinski definition) is 1. The van der Waals surface area contributed by atoms with Gasteiger partial charge < -0.3 is 5.32 Å². The van der Waals surface area contributed by atoms with Crippen molar-refractivity contribution in [1.29, 1.82) is 0 Å². The Morgan fingerprint density at radius 3 is 2.56 bits per heavy atom. The molecule has 25 heavy (non-hydrogen) atoms. The van der Waals surface area contributed by atoms with Crippen molar-refractivity contribution >= 4 is 15.8 Å². The Morgan fingerprint density at radius 1 is 1.20 bits per heavy atom. The molecule has 0 saturated carbocycles. The predicted molar refractivity (Wildman–Crippen MR) is 97.0 cm³/mol. The second kappa shape index (κ2) is 7.53. The highest BCUT2D eigenvalue weighted by Gasteiger charge is 2.27. The van der Waals surface area contributed by atoms with Crippen molar-refractivity contribution in [3.8, 4) is 0 Å². The van der Waals surface area contributed by atoms with Crippen molar-refractivity contribution in [2.45, 2.75) is 44.6 Å². The van der Waals surface area contributed by atoms with Crippen molar-refractivity contribution in [2.75, 3.05) is 25.0 Å². The first-order valence-corrected chi connectivity index (χ1v) is 10.1. The summed E-state index contributed by atoms with van der Waals surface area (Å²) in [6.07, 6.45) is 4.22. The van der Waals surface area contributed by atoms with Gasteiger partial charge in [0.15, 0.2) is 0 Å². The fourth-order valence-electron chi connectivity index (χ4n) is 3.06. The number of pyridine rings is 1. The standard InChI is InChI=1S/C17H25N5O2S/c1-14-12-15(2)22(20-14)11-5-8-18-17-7-6-16(13-19-17)25(23,24)21-9-3-4-10-21/h6-7,12-13H,3-5,8-11H2,1-2H3,(H,18,19). The van der Waals surface area contributed by atoms with Crippen LogP contribution in [0.2, 0.25) is 0 Å². The number of aromatic nitrogens is 3. The molecule has 1 aliphatic heterocycles. The van der Waals surface area contributed by atoms with Gasteiger partial charge in [-0.15, -0.1) is 0 Å². The van der Waals surface area contributed by atoms with Gasteiger partial charge in [-0.3, -0.25) is 4.68 Å². The Morgan fingerprint density at radius 2 is 1.96 bits per heavy atom. The fraction of sp³-hybridized carbons (Fsp3) is 0.529. The lowest BCUT2D eigenvalue weighted by Crippen LogP contribution is -2.27. The highest BCUT2D eigenvalue weighted by atomic mass is 32.2. The van der Waals surface area contributed by atoms with E-state index in [2.05, 4.69) is 28.4 Å². The zero-order valence-corrected chi connectivity index (χ0v) is 15.6. The molecule has 3 heterocycles. The third kappa shape index (κ3) is 4.19. The molecule has 2 aromatic heterocycles. The molecule has 0 aliphatic carbocycles. The molecular formula is C17H25N5O2S. The summed E-state index contributed by atoms with van der Waals surface area (Å²) in [5.74, 6) is 0.689. The van der Waals surface area contributed by atoms with Gasteiger partial charge in [-0.2, -0.15) is 9.40 Å². The van der Waals surface area contributed by atoms with Crippen molar-refractivity contribution in [3.05, 3.63) is 35.8 Å². The van der Waals surface area contributed by atoms with E-state index < -0.39 is 10.0 Å². The summed E-state index contributed by atoms with van der Waals surface area (Å²) in [6, 6.07) is 5.42. The molecule has 8 heteroatoms. The van der Waals surface area contributed by atoms with E-state index in [0.29, 0.717) is 18.9 Å². The molecule has 0 atom stereocenters. The minimum Gasteiger partial charge on any atom is -0.370 e.